The number of carbonyl (C=O) groups is 2. The van der Waals surface area contributed by atoms with E-state index in [1.54, 1.807) is 32.9 Å². The molecule has 0 bridgehead atoms. The molecule has 2 aliphatic heterocycles. The minimum absolute atomic E-state index is 0.0384. The molecule has 8 heteroatoms. The first-order chi connectivity index (χ1) is 17.3. The van der Waals surface area contributed by atoms with Crippen LogP contribution < -0.4 is 4.90 Å². The Labute approximate surface area is 215 Å². The maximum atomic E-state index is 15.0. The first-order valence-electron chi connectivity index (χ1n) is 12.0. The Kier molecular flexibility index (Phi) is 7.80. The summed E-state index contributed by atoms with van der Waals surface area (Å²) in [5.41, 5.74) is 2.88. The van der Waals surface area contributed by atoms with Crippen molar-refractivity contribution in [3.05, 3.63) is 81.5 Å². The lowest BCUT2D eigenvalue weighted by Crippen LogP contribution is -2.51. The smallest absolute Gasteiger partial charge is 0.267 e. The third-order valence-electron chi connectivity index (χ3n) is 6.21. The Morgan fingerprint density at radius 2 is 1.67 bits per heavy atom. The van der Waals surface area contributed by atoms with Crippen LogP contribution in [0.15, 0.2) is 64.5 Å². The SMILES string of the molecule is Cc1ccc(C2=CS/C(=C(/C#N)C(=O)N3CCN(C(=O)CC(C)C)CC3)N2c2ccccc2F)cc1. The maximum absolute atomic E-state index is 15.0. The Morgan fingerprint density at radius 1 is 1.03 bits per heavy atom. The second kappa shape index (κ2) is 11.0. The van der Waals surface area contributed by atoms with Crippen molar-refractivity contribution in [1.29, 1.82) is 5.26 Å². The lowest BCUT2D eigenvalue weighted by atomic mass is 10.1. The van der Waals surface area contributed by atoms with Gasteiger partial charge in [-0.3, -0.25) is 14.5 Å². The van der Waals surface area contributed by atoms with Gasteiger partial charge in [-0.15, -0.1) is 0 Å². The van der Waals surface area contributed by atoms with Gasteiger partial charge in [0.1, 0.15) is 22.5 Å². The molecule has 0 aliphatic carbocycles. The van der Waals surface area contributed by atoms with Crippen LogP contribution in [-0.2, 0) is 9.59 Å². The van der Waals surface area contributed by atoms with Crippen LogP contribution >= 0.6 is 11.8 Å². The second-order valence-electron chi connectivity index (χ2n) is 9.34. The van der Waals surface area contributed by atoms with Crippen molar-refractivity contribution >= 4 is 35.0 Å². The molecular formula is C28H29FN4O2S. The highest BCUT2D eigenvalue weighted by Crippen LogP contribution is 2.45. The van der Waals surface area contributed by atoms with Gasteiger partial charge in [0.2, 0.25) is 5.91 Å². The second-order valence-corrected chi connectivity index (χ2v) is 10.2. The summed E-state index contributed by atoms with van der Waals surface area (Å²) in [6.45, 7) is 7.56. The Morgan fingerprint density at radius 3 is 2.28 bits per heavy atom. The van der Waals surface area contributed by atoms with E-state index in [4.69, 9.17) is 0 Å². The van der Waals surface area contributed by atoms with E-state index in [0.29, 0.717) is 43.3 Å². The van der Waals surface area contributed by atoms with Crippen molar-refractivity contribution in [2.45, 2.75) is 27.2 Å². The fourth-order valence-corrected chi connectivity index (χ4v) is 5.29. The van der Waals surface area contributed by atoms with Crippen molar-refractivity contribution in [3.63, 3.8) is 0 Å². The number of aryl methyl sites for hydroxylation is 1. The maximum Gasteiger partial charge on any atom is 0.267 e. The largest absolute Gasteiger partial charge is 0.339 e. The number of hydrogen-bond acceptors (Lipinski definition) is 5. The van der Waals surface area contributed by atoms with Gasteiger partial charge in [-0.2, -0.15) is 5.26 Å². The van der Waals surface area contributed by atoms with E-state index in [-0.39, 0.29) is 23.1 Å². The number of hydrogen-bond donors (Lipinski definition) is 0. The van der Waals surface area contributed by atoms with Crippen LogP contribution in [0.3, 0.4) is 0 Å². The summed E-state index contributed by atoms with van der Waals surface area (Å²) in [5, 5.41) is 12.3. The van der Waals surface area contributed by atoms with Gasteiger partial charge in [-0.05, 0) is 30.5 Å². The fraction of sp³-hybridized carbons (Fsp3) is 0.321. The number of nitrogens with zero attached hydrogens (tertiary/aromatic N) is 4. The molecule has 1 saturated heterocycles. The lowest BCUT2D eigenvalue weighted by Gasteiger charge is -2.35. The van der Waals surface area contributed by atoms with Crippen molar-refractivity contribution in [1.82, 2.24) is 9.80 Å². The minimum atomic E-state index is -0.447. The molecule has 2 aromatic carbocycles. The minimum Gasteiger partial charge on any atom is -0.339 e. The molecule has 0 spiro atoms. The predicted molar refractivity (Wildman–Crippen MR) is 141 cm³/mol. The number of nitriles is 1. The number of rotatable bonds is 5. The standard InChI is InChI=1S/C28H29FN4O2S/c1-19(2)16-26(34)31-12-14-32(15-13-31)27(35)22(17-30)28-33(24-7-5-4-6-23(24)29)25(18-36-28)21-10-8-20(3)9-11-21/h4-11,18-19H,12-16H2,1-3H3/b28-22-. The molecule has 0 radical (unpaired) electrons. The molecule has 1 fully saturated rings. The van der Waals surface area contributed by atoms with Crippen LogP contribution in [0, 0.1) is 30.0 Å². The Hall–Kier alpha value is -3.57. The third kappa shape index (κ3) is 5.31. The van der Waals surface area contributed by atoms with Crippen LogP contribution in [0.25, 0.3) is 5.70 Å². The quantitative estimate of drug-likeness (QED) is 0.417. The van der Waals surface area contributed by atoms with Crippen molar-refractivity contribution in [2.75, 3.05) is 31.1 Å². The summed E-state index contributed by atoms with van der Waals surface area (Å²) in [7, 11) is 0. The van der Waals surface area contributed by atoms with Gasteiger partial charge in [0.25, 0.3) is 5.91 Å². The summed E-state index contributed by atoms with van der Waals surface area (Å²) in [6, 6.07) is 16.3. The van der Waals surface area contributed by atoms with Gasteiger partial charge < -0.3 is 9.80 Å². The summed E-state index contributed by atoms with van der Waals surface area (Å²) in [6.07, 6.45) is 0.475. The molecule has 186 valence electrons. The summed E-state index contributed by atoms with van der Waals surface area (Å²) in [5.74, 6) is -0.501. The van der Waals surface area contributed by atoms with Gasteiger partial charge in [0.15, 0.2) is 0 Å². The summed E-state index contributed by atoms with van der Waals surface area (Å²) < 4.78 is 15.0. The highest BCUT2D eigenvalue weighted by Gasteiger charge is 2.34. The molecule has 0 aromatic heterocycles. The molecule has 2 aromatic rings. The molecule has 0 saturated carbocycles. The van der Waals surface area contributed by atoms with Crippen molar-refractivity contribution in [3.8, 4) is 6.07 Å². The van der Waals surface area contributed by atoms with E-state index in [0.717, 1.165) is 11.1 Å². The van der Waals surface area contributed by atoms with Gasteiger partial charge in [0, 0.05) is 38.0 Å². The van der Waals surface area contributed by atoms with Crippen molar-refractivity contribution in [2.24, 2.45) is 5.92 Å². The van der Waals surface area contributed by atoms with Crippen LogP contribution in [-0.4, -0.2) is 47.8 Å². The summed E-state index contributed by atoms with van der Waals surface area (Å²) >= 11 is 1.24. The third-order valence-corrected chi connectivity index (χ3v) is 7.16. The highest BCUT2D eigenvalue weighted by molar-refractivity contribution is 8.06. The molecule has 0 atom stereocenters. The number of halogens is 1. The lowest BCUT2D eigenvalue weighted by molar-refractivity contribution is -0.138. The Bertz CT molecular complexity index is 1260. The molecule has 36 heavy (non-hydrogen) atoms. The molecule has 2 heterocycles. The molecular weight excluding hydrogens is 475 g/mol. The first-order valence-corrected chi connectivity index (χ1v) is 12.9. The van der Waals surface area contributed by atoms with Gasteiger partial charge in [-0.25, -0.2) is 4.39 Å². The molecule has 6 nitrogen and oxygen atoms in total. The normalized spacial score (nSPS) is 17.2. The van der Waals surface area contributed by atoms with E-state index in [2.05, 4.69) is 6.07 Å². The van der Waals surface area contributed by atoms with E-state index >= 15 is 0 Å². The zero-order valence-corrected chi connectivity index (χ0v) is 21.5. The average molecular weight is 505 g/mol. The van der Waals surface area contributed by atoms with Crippen molar-refractivity contribution < 1.29 is 14.0 Å². The van der Waals surface area contributed by atoms with Crippen LogP contribution in [0.4, 0.5) is 10.1 Å². The van der Waals surface area contributed by atoms with Gasteiger partial charge in [-0.1, -0.05) is 67.6 Å². The van der Waals surface area contributed by atoms with E-state index in [9.17, 15) is 19.2 Å². The van der Waals surface area contributed by atoms with Gasteiger partial charge in [0.05, 0.1) is 11.4 Å². The number of para-hydroxylation sites is 1. The highest BCUT2D eigenvalue weighted by atomic mass is 32.2. The summed E-state index contributed by atoms with van der Waals surface area (Å²) in [4.78, 5) is 31.0. The number of carbonyl (C=O) groups excluding carboxylic acids is 2. The van der Waals surface area contributed by atoms with E-state index in [1.807, 2.05) is 50.4 Å². The van der Waals surface area contributed by atoms with Gasteiger partial charge >= 0.3 is 0 Å². The number of amides is 2. The monoisotopic (exact) mass is 504 g/mol. The molecule has 0 N–H and O–H groups in total. The molecule has 0 unspecified atom stereocenters. The number of benzene rings is 2. The van der Waals surface area contributed by atoms with E-state index < -0.39 is 11.7 Å². The first kappa shape index (κ1) is 25.5. The Balaban J connectivity index is 1.64. The van der Waals surface area contributed by atoms with Crippen LogP contribution in [0.2, 0.25) is 0 Å². The molecule has 2 amide bonds. The molecule has 4 rings (SSSR count). The van der Waals surface area contributed by atoms with E-state index in [1.165, 1.54) is 17.8 Å². The average Bonchev–Trinajstić information content (AvgIpc) is 3.29. The topological polar surface area (TPSA) is 67.6 Å². The zero-order chi connectivity index (χ0) is 25.8. The number of piperazine rings is 1. The number of thioether (sulfide) groups is 1. The molecule has 2 aliphatic rings. The van der Waals surface area contributed by atoms with Crippen LogP contribution in [0.5, 0.6) is 0 Å². The zero-order valence-electron chi connectivity index (χ0n) is 20.7. The number of anilines is 1. The predicted octanol–water partition coefficient (Wildman–Crippen LogP) is 5.14. The van der Waals surface area contributed by atoms with Crippen LogP contribution in [0.1, 0.15) is 31.4 Å². The fourth-order valence-electron chi connectivity index (χ4n) is 4.27.